The fraction of sp³-hybridized carbons (Fsp3) is 0.182. The average molecular weight is 410 g/mol. The lowest BCUT2D eigenvalue weighted by atomic mass is 10.1. The standard InChI is InChI=1S/C22H19FN2O3S/c23-18-5-2-1-4-17(18)19-9-7-16(28-19)8-10-21(26)24-11-13-25(14-12-24)22(27)20-6-3-15-29-20/h1-10,15H,11-14H2/b10-8+. The molecule has 1 aromatic carbocycles. The van der Waals surface area contributed by atoms with Crippen LogP contribution in [0.4, 0.5) is 4.39 Å². The Kier molecular flexibility index (Phi) is 5.57. The highest BCUT2D eigenvalue weighted by atomic mass is 32.1. The molecule has 1 aliphatic rings. The highest BCUT2D eigenvalue weighted by molar-refractivity contribution is 7.12. The van der Waals surface area contributed by atoms with E-state index in [2.05, 4.69) is 0 Å². The quantitative estimate of drug-likeness (QED) is 0.608. The number of amides is 2. The summed E-state index contributed by atoms with van der Waals surface area (Å²) in [4.78, 5) is 29.0. The number of benzene rings is 1. The van der Waals surface area contributed by atoms with Crippen LogP contribution >= 0.6 is 11.3 Å². The van der Waals surface area contributed by atoms with Crippen LogP contribution in [0.3, 0.4) is 0 Å². The molecule has 0 spiro atoms. The predicted octanol–water partition coefficient (Wildman–Crippen LogP) is 4.15. The molecule has 29 heavy (non-hydrogen) atoms. The molecule has 1 aliphatic heterocycles. The van der Waals surface area contributed by atoms with Crippen LogP contribution in [0.2, 0.25) is 0 Å². The van der Waals surface area contributed by atoms with Crippen LogP contribution in [0.15, 0.2) is 64.4 Å². The molecule has 1 fully saturated rings. The Hall–Kier alpha value is -3.19. The maximum absolute atomic E-state index is 13.9. The van der Waals surface area contributed by atoms with Crippen LogP contribution in [0.25, 0.3) is 17.4 Å². The smallest absolute Gasteiger partial charge is 0.264 e. The number of nitrogens with zero attached hydrogens (tertiary/aromatic N) is 2. The second-order valence-electron chi connectivity index (χ2n) is 6.61. The van der Waals surface area contributed by atoms with E-state index in [9.17, 15) is 14.0 Å². The monoisotopic (exact) mass is 410 g/mol. The SMILES string of the molecule is O=C(/C=C/c1ccc(-c2ccccc2F)o1)N1CCN(C(=O)c2cccs2)CC1. The zero-order chi connectivity index (χ0) is 20.2. The molecule has 0 bridgehead atoms. The van der Waals surface area contributed by atoms with Gasteiger partial charge in [-0.25, -0.2) is 4.39 Å². The van der Waals surface area contributed by atoms with Crippen LogP contribution < -0.4 is 0 Å². The molecule has 0 unspecified atom stereocenters. The van der Waals surface area contributed by atoms with Crippen LogP contribution in [0, 0.1) is 5.82 Å². The first-order chi connectivity index (χ1) is 14.1. The van der Waals surface area contributed by atoms with Crippen molar-refractivity contribution in [3.63, 3.8) is 0 Å². The predicted molar refractivity (Wildman–Crippen MR) is 110 cm³/mol. The van der Waals surface area contributed by atoms with Crippen molar-refractivity contribution in [2.45, 2.75) is 0 Å². The van der Waals surface area contributed by atoms with Gasteiger partial charge in [0.15, 0.2) is 0 Å². The number of furan rings is 1. The number of hydrogen-bond donors (Lipinski definition) is 0. The van der Waals surface area contributed by atoms with Gasteiger partial charge < -0.3 is 14.2 Å². The van der Waals surface area contributed by atoms with Gasteiger partial charge in [-0.05, 0) is 41.8 Å². The number of hydrogen-bond acceptors (Lipinski definition) is 4. The summed E-state index contributed by atoms with van der Waals surface area (Å²) >= 11 is 1.42. The van der Waals surface area contributed by atoms with Gasteiger partial charge in [0.25, 0.3) is 5.91 Å². The number of carbonyl (C=O) groups is 2. The molecule has 2 amide bonds. The molecule has 4 rings (SSSR count). The average Bonchev–Trinajstić information content (AvgIpc) is 3.44. The Morgan fingerprint density at radius 2 is 1.72 bits per heavy atom. The first-order valence-corrected chi connectivity index (χ1v) is 10.1. The van der Waals surface area contributed by atoms with Gasteiger partial charge in [-0.15, -0.1) is 11.3 Å². The van der Waals surface area contributed by atoms with Gasteiger partial charge in [-0.3, -0.25) is 9.59 Å². The molecule has 1 saturated heterocycles. The van der Waals surface area contributed by atoms with Crippen molar-refractivity contribution in [1.29, 1.82) is 0 Å². The van der Waals surface area contributed by atoms with Crippen molar-refractivity contribution in [2.24, 2.45) is 0 Å². The molecule has 0 radical (unpaired) electrons. The van der Waals surface area contributed by atoms with Crippen molar-refractivity contribution in [3.05, 3.63) is 76.4 Å². The molecule has 5 nitrogen and oxygen atoms in total. The maximum atomic E-state index is 13.9. The summed E-state index contributed by atoms with van der Waals surface area (Å²) in [6.07, 6.45) is 3.02. The summed E-state index contributed by atoms with van der Waals surface area (Å²) in [5, 5.41) is 1.88. The minimum atomic E-state index is -0.358. The van der Waals surface area contributed by atoms with Crippen molar-refractivity contribution < 1.29 is 18.4 Å². The van der Waals surface area contributed by atoms with E-state index in [1.54, 1.807) is 46.2 Å². The minimum absolute atomic E-state index is 0.0129. The number of rotatable bonds is 4. The Morgan fingerprint density at radius 3 is 2.45 bits per heavy atom. The normalized spacial score (nSPS) is 14.5. The molecule has 148 valence electrons. The summed E-state index contributed by atoms with van der Waals surface area (Å²) in [6.45, 7) is 1.99. The molecular weight excluding hydrogens is 391 g/mol. The first-order valence-electron chi connectivity index (χ1n) is 9.26. The van der Waals surface area contributed by atoms with E-state index in [-0.39, 0.29) is 17.6 Å². The lowest BCUT2D eigenvalue weighted by Gasteiger charge is -2.34. The second kappa shape index (κ2) is 8.45. The van der Waals surface area contributed by atoms with Crippen LogP contribution in [0.1, 0.15) is 15.4 Å². The summed E-state index contributed by atoms with van der Waals surface area (Å²) in [5.41, 5.74) is 0.380. The van der Waals surface area contributed by atoms with E-state index in [0.29, 0.717) is 48.1 Å². The summed E-state index contributed by atoms with van der Waals surface area (Å²) in [6, 6.07) is 13.4. The molecule has 0 atom stereocenters. The summed E-state index contributed by atoms with van der Waals surface area (Å²) < 4.78 is 19.5. The van der Waals surface area contributed by atoms with Crippen molar-refractivity contribution in [1.82, 2.24) is 9.80 Å². The molecular formula is C22H19FN2O3S. The molecule has 7 heteroatoms. The molecule has 0 saturated carbocycles. The van der Waals surface area contributed by atoms with Crippen LogP contribution in [0.5, 0.6) is 0 Å². The highest BCUT2D eigenvalue weighted by Gasteiger charge is 2.24. The zero-order valence-electron chi connectivity index (χ0n) is 15.6. The zero-order valence-corrected chi connectivity index (χ0v) is 16.4. The van der Waals surface area contributed by atoms with Gasteiger partial charge in [0.05, 0.1) is 10.4 Å². The molecule has 3 aromatic rings. The first kappa shape index (κ1) is 19.1. The minimum Gasteiger partial charge on any atom is -0.457 e. The third kappa shape index (κ3) is 4.30. The van der Waals surface area contributed by atoms with E-state index in [0.717, 1.165) is 0 Å². The van der Waals surface area contributed by atoms with Crippen molar-refractivity contribution in [2.75, 3.05) is 26.2 Å². The number of carbonyl (C=O) groups excluding carboxylic acids is 2. The Bertz CT molecular complexity index is 1030. The number of piperazine rings is 1. The van der Waals surface area contributed by atoms with Gasteiger partial charge in [-0.2, -0.15) is 0 Å². The Labute approximate surface area is 171 Å². The number of halogens is 1. The molecule has 2 aromatic heterocycles. The van der Waals surface area contributed by atoms with Gasteiger partial charge in [-0.1, -0.05) is 18.2 Å². The Balaban J connectivity index is 1.34. The number of thiophene rings is 1. The van der Waals surface area contributed by atoms with Gasteiger partial charge in [0.1, 0.15) is 17.3 Å². The van der Waals surface area contributed by atoms with Gasteiger partial charge in [0, 0.05) is 32.3 Å². The van der Waals surface area contributed by atoms with Gasteiger partial charge >= 0.3 is 0 Å². The summed E-state index contributed by atoms with van der Waals surface area (Å²) in [7, 11) is 0. The third-order valence-corrected chi connectivity index (χ3v) is 5.62. The van der Waals surface area contributed by atoms with Crippen LogP contribution in [-0.4, -0.2) is 47.8 Å². The largest absolute Gasteiger partial charge is 0.457 e. The van der Waals surface area contributed by atoms with Crippen molar-refractivity contribution >= 4 is 29.2 Å². The molecule has 3 heterocycles. The Morgan fingerprint density at radius 1 is 0.966 bits per heavy atom. The van der Waals surface area contributed by atoms with Crippen molar-refractivity contribution in [3.8, 4) is 11.3 Å². The van der Waals surface area contributed by atoms with E-state index in [4.69, 9.17) is 4.42 Å². The van der Waals surface area contributed by atoms with E-state index < -0.39 is 0 Å². The summed E-state index contributed by atoms with van der Waals surface area (Å²) in [5.74, 6) is 0.401. The second-order valence-corrected chi connectivity index (χ2v) is 7.56. The van der Waals surface area contributed by atoms with Crippen LogP contribution in [-0.2, 0) is 4.79 Å². The molecule has 0 aliphatic carbocycles. The molecule has 0 N–H and O–H groups in total. The fourth-order valence-corrected chi connectivity index (χ4v) is 3.88. The van der Waals surface area contributed by atoms with E-state index in [1.165, 1.54) is 23.5 Å². The van der Waals surface area contributed by atoms with E-state index in [1.807, 2.05) is 17.5 Å². The topological polar surface area (TPSA) is 53.8 Å². The van der Waals surface area contributed by atoms with Gasteiger partial charge in [0.2, 0.25) is 5.91 Å². The van der Waals surface area contributed by atoms with E-state index >= 15 is 0 Å². The lowest BCUT2D eigenvalue weighted by molar-refractivity contribution is -0.127. The third-order valence-electron chi connectivity index (χ3n) is 4.77. The maximum Gasteiger partial charge on any atom is 0.264 e. The fourth-order valence-electron chi connectivity index (χ4n) is 3.19. The highest BCUT2D eigenvalue weighted by Crippen LogP contribution is 2.25. The lowest BCUT2D eigenvalue weighted by Crippen LogP contribution is -2.50.